The molecule has 10 nitrogen and oxygen atoms in total. The number of alkyl halides is 1. The minimum Gasteiger partial charge on any atom is -0.507 e. The summed E-state index contributed by atoms with van der Waals surface area (Å²) in [5.41, 5.74) is 4.59. The summed E-state index contributed by atoms with van der Waals surface area (Å²) in [6.45, 7) is 1.50. The van der Waals surface area contributed by atoms with Crippen molar-refractivity contribution in [3.63, 3.8) is 0 Å². The van der Waals surface area contributed by atoms with Crippen molar-refractivity contribution in [2.24, 2.45) is 23.5 Å². The summed E-state index contributed by atoms with van der Waals surface area (Å²) in [6, 6.07) is 6.42. The molecule has 2 aromatic carbocycles. The Morgan fingerprint density at radius 2 is 1.98 bits per heavy atom. The summed E-state index contributed by atoms with van der Waals surface area (Å²) in [4.78, 5) is 56.9. The molecule has 1 amide bonds. The Kier molecular flexibility index (Phi) is 6.75. The number of nitrogens with zero attached hydrogens (tertiary/aromatic N) is 2. The number of allylic oxidation sites excluding steroid dienone is 1. The number of aliphatic hydroxyl groups is 1. The molecule has 0 bridgehead atoms. The highest BCUT2D eigenvalue weighted by Gasteiger charge is 2.66. The maximum absolute atomic E-state index is 14.2. The summed E-state index contributed by atoms with van der Waals surface area (Å²) in [5, 5.41) is 24.7. The van der Waals surface area contributed by atoms with Crippen molar-refractivity contribution >= 4 is 34.0 Å². The number of methoxy groups -OCH3 is 1. The number of carbonyl (C=O) groups is 4. The number of carbonyl (C=O) groups excluding carboxylic acids is 4. The van der Waals surface area contributed by atoms with E-state index in [2.05, 4.69) is 0 Å². The first-order valence-electron chi connectivity index (χ1n) is 14.1. The van der Waals surface area contributed by atoms with Crippen molar-refractivity contribution in [1.82, 2.24) is 9.80 Å². The van der Waals surface area contributed by atoms with Gasteiger partial charge in [0.25, 0.3) is 0 Å². The van der Waals surface area contributed by atoms with Crippen LogP contribution in [0.5, 0.6) is 5.75 Å². The molecule has 0 aromatic heterocycles. The van der Waals surface area contributed by atoms with Gasteiger partial charge in [-0.15, -0.1) is 0 Å². The van der Waals surface area contributed by atoms with Crippen LogP contribution in [0.1, 0.15) is 34.3 Å². The number of hydrogen-bond acceptors (Lipinski definition) is 9. The third-order valence-electron chi connectivity index (χ3n) is 9.53. The lowest BCUT2D eigenvalue weighted by Crippen LogP contribution is -2.69. The smallest absolute Gasteiger partial charge is 0.235 e. The Balaban J connectivity index is 1.47. The van der Waals surface area contributed by atoms with Gasteiger partial charge in [0.15, 0.2) is 28.9 Å². The van der Waals surface area contributed by atoms with Crippen molar-refractivity contribution in [2.45, 2.75) is 43.6 Å². The van der Waals surface area contributed by atoms with E-state index < -0.39 is 58.8 Å². The van der Waals surface area contributed by atoms with E-state index in [1.54, 1.807) is 25.1 Å². The lowest BCUT2D eigenvalue weighted by Gasteiger charge is -2.51. The minimum atomic E-state index is -2.44. The number of Topliss-reactive ketones (excluding diaryl/α,β-unsaturated/α-hetero) is 3. The number of halogens is 1. The van der Waals surface area contributed by atoms with E-state index in [0.717, 1.165) is 10.9 Å². The largest absolute Gasteiger partial charge is 0.507 e. The number of nitrogens with two attached hydrogens (primary N) is 1. The maximum atomic E-state index is 14.2. The van der Waals surface area contributed by atoms with Gasteiger partial charge >= 0.3 is 0 Å². The van der Waals surface area contributed by atoms with E-state index in [4.69, 9.17) is 10.5 Å². The van der Waals surface area contributed by atoms with Gasteiger partial charge in [-0.3, -0.25) is 29.0 Å². The molecule has 1 aliphatic heterocycles. The van der Waals surface area contributed by atoms with Crippen molar-refractivity contribution in [2.75, 3.05) is 34.3 Å². The standard InChI is InChI=1S/C31H34FN3O7/c1-34(2)24-20-11-17-10-16-9-15-5-4-14(12-35-7-6-18(32)13-35)8-19(15)25(36)21(16)26(37)22(17)29(42-3)31(20,41)28(39)23(27(24)38)30(33)40/h4-5,8-9,17-18,20,23-24,36,41H,6-7,10-13H2,1-3H3,(H2,33,40). The fraction of sp³-hybridized carbons (Fsp3) is 0.484. The molecule has 1 saturated heterocycles. The number of aromatic hydroxyl groups is 1. The SMILES string of the molecule is COC1=C2C(=O)c3c(cc4ccc(CN5CCC(F)C5)cc4c3O)CC2CC2C(N(C)C)C(=O)C(C(N)=O)C(=O)C12O. The molecular formula is C31H34FN3O7. The summed E-state index contributed by atoms with van der Waals surface area (Å²) >= 11 is 0. The lowest BCUT2D eigenvalue weighted by atomic mass is 9.56. The van der Waals surface area contributed by atoms with Crippen molar-refractivity contribution in [1.29, 1.82) is 0 Å². The molecule has 11 heteroatoms. The molecule has 4 aliphatic rings. The fourth-order valence-corrected chi connectivity index (χ4v) is 7.73. The molecule has 1 heterocycles. The number of primary amides is 1. The Labute approximate surface area is 241 Å². The second-order valence-corrected chi connectivity index (χ2v) is 12.2. The molecule has 222 valence electrons. The molecule has 1 saturated carbocycles. The molecule has 6 unspecified atom stereocenters. The molecule has 2 aromatic rings. The van der Waals surface area contributed by atoms with Crippen LogP contribution in [0.25, 0.3) is 10.8 Å². The van der Waals surface area contributed by atoms with Crippen LogP contribution in [0.15, 0.2) is 35.6 Å². The highest BCUT2D eigenvalue weighted by atomic mass is 19.1. The number of phenols is 1. The summed E-state index contributed by atoms with van der Waals surface area (Å²) in [7, 11) is 4.45. The second-order valence-electron chi connectivity index (χ2n) is 12.2. The summed E-state index contributed by atoms with van der Waals surface area (Å²) in [6.07, 6.45) is 0.0242. The molecule has 4 N–H and O–H groups in total. The van der Waals surface area contributed by atoms with Gasteiger partial charge in [-0.1, -0.05) is 18.2 Å². The first-order valence-corrected chi connectivity index (χ1v) is 14.1. The van der Waals surface area contributed by atoms with E-state index in [0.29, 0.717) is 43.4 Å². The Morgan fingerprint density at radius 1 is 1.24 bits per heavy atom. The number of fused-ring (bicyclic) bond motifs is 4. The minimum absolute atomic E-state index is 0.0454. The van der Waals surface area contributed by atoms with Crippen LogP contribution < -0.4 is 5.73 Å². The number of ketones is 3. The van der Waals surface area contributed by atoms with Crippen LogP contribution in [0.3, 0.4) is 0 Å². The van der Waals surface area contributed by atoms with Crippen molar-refractivity contribution in [3.8, 4) is 5.75 Å². The fourth-order valence-electron chi connectivity index (χ4n) is 7.73. The number of ether oxygens (including phenoxy) is 1. The molecule has 3 aliphatic carbocycles. The lowest BCUT2D eigenvalue weighted by molar-refractivity contribution is -0.170. The van der Waals surface area contributed by atoms with Crippen LogP contribution >= 0.6 is 0 Å². The van der Waals surface area contributed by atoms with E-state index in [1.807, 2.05) is 23.1 Å². The normalized spacial score (nSPS) is 31.4. The van der Waals surface area contributed by atoms with Gasteiger partial charge in [0.2, 0.25) is 5.91 Å². The quantitative estimate of drug-likeness (QED) is 0.445. The third kappa shape index (κ3) is 4.01. The van der Waals surface area contributed by atoms with Gasteiger partial charge in [-0.2, -0.15) is 0 Å². The molecule has 0 spiro atoms. The van der Waals surface area contributed by atoms with E-state index in [-0.39, 0.29) is 29.1 Å². The first-order chi connectivity index (χ1) is 19.9. The van der Waals surface area contributed by atoms with Gasteiger partial charge in [-0.05, 0) is 61.9 Å². The van der Waals surface area contributed by atoms with Crippen LogP contribution in [-0.4, -0.2) is 95.4 Å². The van der Waals surface area contributed by atoms with Crippen LogP contribution in [0.2, 0.25) is 0 Å². The zero-order valence-electron chi connectivity index (χ0n) is 23.7. The van der Waals surface area contributed by atoms with E-state index in [1.165, 1.54) is 7.11 Å². The topological polar surface area (TPSA) is 150 Å². The van der Waals surface area contributed by atoms with Crippen LogP contribution in [0, 0.1) is 17.8 Å². The number of likely N-dealkylation sites (N-methyl/N-ethyl adjacent to an activating group) is 1. The molecule has 6 atom stereocenters. The van der Waals surface area contributed by atoms with Gasteiger partial charge in [-0.25, -0.2) is 4.39 Å². The van der Waals surface area contributed by atoms with Crippen molar-refractivity contribution in [3.05, 3.63) is 52.3 Å². The first kappa shape index (κ1) is 28.4. The highest BCUT2D eigenvalue weighted by Crippen LogP contribution is 2.53. The maximum Gasteiger partial charge on any atom is 0.235 e. The van der Waals surface area contributed by atoms with Crippen LogP contribution in [-0.2, 0) is 32.1 Å². The number of phenolic OH excluding ortho intramolecular Hbond substituents is 1. The average Bonchev–Trinajstić information content (AvgIpc) is 3.33. The zero-order chi connectivity index (χ0) is 30.2. The van der Waals surface area contributed by atoms with Gasteiger partial charge < -0.3 is 20.7 Å². The molecular weight excluding hydrogens is 545 g/mol. The zero-order valence-corrected chi connectivity index (χ0v) is 23.7. The number of benzene rings is 2. The Bertz CT molecular complexity index is 1590. The average molecular weight is 580 g/mol. The van der Waals surface area contributed by atoms with Gasteiger partial charge in [0.1, 0.15) is 17.7 Å². The summed E-state index contributed by atoms with van der Waals surface area (Å²) in [5.74, 6) is -7.49. The third-order valence-corrected chi connectivity index (χ3v) is 9.53. The second kappa shape index (κ2) is 9.96. The highest BCUT2D eigenvalue weighted by molar-refractivity contribution is 6.25. The summed E-state index contributed by atoms with van der Waals surface area (Å²) < 4.78 is 19.3. The Hall–Kier alpha value is -3.67. The van der Waals surface area contributed by atoms with E-state index >= 15 is 0 Å². The molecule has 42 heavy (non-hydrogen) atoms. The Morgan fingerprint density at radius 3 is 2.60 bits per heavy atom. The monoisotopic (exact) mass is 579 g/mol. The van der Waals surface area contributed by atoms with E-state index in [9.17, 15) is 33.8 Å². The van der Waals surface area contributed by atoms with Gasteiger partial charge in [0, 0.05) is 36.5 Å². The van der Waals surface area contributed by atoms with Crippen LogP contribution in [0.4, 0.5) is 4.39 Å². The predicted molar refractivity (Wildman–Crippen MR) is 149 cm³/mol. The number of amides is 1. The van der Waals surface area contributed by atoms with Gasteiger partial charge in [0.05, 0.1) is 18.7 Å². The predicted octanol–water partition coefficient (Wildman–Crippen LogP) is 1.28. The number of hydrogen-bond donors (Lipinski definition) is 3. The molecule has 0 radical (unpaired) electrons. The molecule has 2 fully saturated rings. The molecule has 6 rings (SSSR count). The van der Waals surface area contributed by atoms with Crippen molar-refractivity contribution < 1.29 is 38.5 Å². The number of rotatable bonds is 5. The number of likely N-dealkylation sites (tertiary alicyclic amines) is 1.